The molecule has 1 heterocycles. The molecule has 4 nitrogen and oxygen atoms in total. The van der Waals surface area contributed by atoms with Crippen LogP contribution < -0.4 is 5.32 Å². The number of ketones is 1. The SMILES string of the molecule is CC(=O)NCCC=Cc1c[nH]c(C(=O)C(Cl)(Cl)Cl)c1. The summed E-state index contributed by atoms with van der Waals surface area (Å²) >= 11 is 16.5. The topological polar surface area (TPSA) is 62.0 Å². The highest BCUT2D eigenvalue weighted by Gasteiger charge is 2.32. The number of H-pyrrole nitrogens is 1. The van der Waals surface area contributed by atoms with Gasteiger partial charge in [0.2, 0.25) is 11.7 Å². The van der Waals surface area contributed by atoms with Gasteiger partial charge >= 0.3 is 0 Å². The summed E-state index contributed by atoms with van der Waals surface area (Å²) in [4.78, 5) is 25.0. The molecule has 1 rings (SSSR count). The fraction of sp³-hybridized carbons (Fsp3) is 0.333. The van der Waals surface area contributed by atoms with E-state index in [0.717, 1.165) is 5.56 Å². The van der Waals surface area contributed by atoms with Crippen molar-refractivity contribution in [3.8, 4) is 0 Å². The lowest BCUT2D eigenvalue weighted by molar-refractivity contribution is -0.118. The highest BCUT2D eigenvalue weighted by molar-refractivity contribution is 6.77. The summed E-state index contributed by atoms with van der Waals surface area (Å²) in [6.07, 6.45) is 6.02. The lowest BCUT2D eigenvalue weighted by Crippen LogP contribution is -2.20. The fourth-order valence-electron chi connectivity index (χ4n) is 1.34. The molecule has 0 aliphatic carbocycles. The van der Waals surface area contributed by atoms with E-state index >= 15 is 0 Å². The van der Waals surface area contributed by atoms with E-state index in [9.17, 15) is 9.59 Å². The molecule has 0 unspecified atom stereocenters. The molecule has 1 aromatic heterocycles. The summed E-state index contributed by atoms with van der Waals surface area (Å²) < 4.78 is -1.96. The van der Waals surface area contributed by atoms with Crippen molar-refractivity contribution in [3.63, 3.8) is 0 Å². The molecule has 0 radical (unpaired) electrons. The Balaban J connectivity index is 2.54. The van der Waals surface area contributed by atoms with Crippen LogP contribution in [0.25, 0.3) is 6.08 Å². The number of nitrogens with one attached hydrogen (secondary N) is 2. The van der Waals surface area contributed by atoms with E-state index in [1.54, 1.807) is 12.3 Å². The summed E-state index contributed by atoms with van der Waals surface area (Å²) in [5, 5.41) is 2.67. The van der Waals surface area contributed by atoms with E-state index in [1.807, 2.05) is 12.2 Å². The Morgan fingerprint density at radius 2 is 2.11 bits per heavy atom. The van der Waals surface area contributed by atoms with Gasteiger partial charge in [0, 0.05) is 19.7 Å². The lowest BCUT2D eigenvalue weighted by Gasteiger charge is -2.06. The van der Waals surface area contributed by atoms with Gasteiger partial charge in [-0.3, -0.25) is 9.59 Å². The molecule has 0 bridgehead atoms. The Bertz CT molecular complexity index is 489. The number of alkyl halides is 3. The van der Waals surface area contributed by atoms with E-state index < -0.39 is 9.58 Å². The van der Waals surface area contributed by atoms with Crippen molar-refractivity contribution in [3.05, 3.63) is 29.6 Å². The zero-order valence-corrected chi connectivity index (χ0v) is 12.4. The Labute approximate surface area is 126 Å². The van der Waals surface area contributed by atoms with Crippen LogP contribution in [-0.2, 0) is 4.79 Å². The van der Waals surface area contributed by atoms with Crippen molar-refractivity contribution >= 4 is 52.6 Å². The van der Waals surface area contributed by atoms with Crippen molar-refractivity contribution in [1.82, 2.24) is 10.3 Å². The summed E-state index contributed by atoms with van der Waals surface area (Å²) in [6.45, 7) is 2.03. The van der Waals surface area contributed by atoms with Crippen molar-refractivity contribution in [2.24, 2.45) is 0 Å². The second-order valence-electron chi connectivity index (χ2n) is 3.85. The number of aromatic amines is 1. The first-order chi connectivity index (χ1) is 8.80. The predicted molar refractivity (Wildman–Crippen MR) is 77.7 cm³/mol. The van der Waals surface area contributed by atoms with Crippen LogP contribution in [0.3, 0.4) is 0 Å². The summed E-state index contributed by atoms with van der Waals surface area (Å²) in [7, 11) is 0. The van der Waals surface area contributed by atoms with E-state index in [-0.39, 0.29) is 11.6 Å². The maximum atomic E-state index is 11.6. The second kappa shape index (κ2) is 6.98. The van der Waals surface area contributed by atoms with Gasteiger partial charge in [-0.1, -0.05) is 47.0 Å². The number of aromatic nitrogens is 1. The second-order valence-corrected chi connectivity index (χ2v) is 6.13. The standard InChI is InChI=1S/C12H13Cl3N2O2/c1-8(18)16-5-3-2-4-9-6-10(17-7-9)11(19)12(13,14)15/h2,4,6-7,17H,3,5H2,1H3,(H,16,18). The highest BCUT2D eigenvalue weighted by atomic mass is 35.6. The molecule has 0 aliphatic heterocycles. The van der Waals surface area contributed by atoms with Gasteiger partial charge < -0.3 is 10.3 Å². The molecule has 0 spiro atoms. The smallest absolute Gasteiger partial charge is 0.254 e. The zero-order chi connectivity index (χ0) is 14.5. The van der Waals surface area contributed by atoms with E-state index in [2.05, 4.69) is 10.3 Å². The number of Topliss-reactive ketones (excluding diaryl/α,β-unsaturated/α-hetero) is 1. The van der Waals surface area contributed by atoms with Crippen LogP contribution in [0.2, 0.25) is 0 Å². The van der Waals surface area contributed by atoms with Crippen LogP contribution in [0.4, 0.5) is 0 Å². The quantitative estimate of drug-likeness (QED) is 0.497. The number of amides is 1. The highest BCUT2D eigenvalue weighted by Crippen LogP contribution is 2.30. The number of carbonyl (C=O) groups excluding carboxylic acids is 2. The largest absolute Gasteiger partial charge is 0.358 e. The normalized spacial score (nSPS) is 11.8. The third-order valence-electron chi connectivity index (χ3n) is 2.20. The van der Waals surface area contributed by atoms with Crippen LogP contribution >= 0.6 is 34.8 Å². The molecule has 1 aromatic rings. The molecule has 7 heteroatoms. The summed E-state index contributed by atoms with van der Waals surface area (Å²) in [5.74, 6) is -0.666. The Morgan fingerprint density at radius 1 is 1.42 bits per heavy atom. The van der Waals surface area contributed by atoms with Gasteiger partial charge in [-0.15, -0.1) is 0 Å². The minimum Gasteiger partial charge on any atom is -0.358 e. The molecule has 0 saturated heterocycles. The van der Waals surface area contributed by atoms with Crippen LogP contribution in [0.5, 0.6) is 0 Å². The van der Waals surface area contributed by atoms with Gasteiger partial charge in [0.1, 0.15) is 0 Å². The fourth-order valence-corrected chi connectivity index (χ4v) is 1.65. The molecular formula is C12H13Cl3N2O2. The molecule has 2 N–H and O–H groups in total. The van der Waals surface area contributed by atoms with E-state index in [0.29, 0.717) is 13.0 Å². The van der Waals surface area contributed by atoms with Gasteiger partial charge in [-0.2, -0.15) is 0 Å². The van der Waals surface area contributed by atoms with Crippen molar-refractivity contribution in [2.75, 3.05) is 6.54 Å². The Hall–Kier alpha value is -0.970. The van der Waals surface area contributed by atoms with Crippen molar-refractivity contribution < 1.29 is 9.59 Å². The third kappa shape index (κ3) is 5.68. The van der Waals surface area contributed by atoms with Gasteiger partial charge in [0.15, 0.2) is 0 Å². The summed E-state index contributed by atoms with van der Waals surface area (Å²) in [5.41, 5.74) is 1.03. The van der Waals surface area contributed by atoms with Crippen LogP contribution in [0.1, 0.15) is 29.4 Å². The van der Waals surface area contributed by atoms with Gasteiger partial charge in [-0.05, 0) is 18.1 Å². The number of carbonyl (C=O) groups is 2. The molecule has 19 heavy (non-hydrogen) atoms. The van der Waals surface area contributed by atoms with Crippen LogP contribution in [0, 0.1) is 0 Å². The first kappa shape index (κ1) is 16.1. The summed E-state index contributed by atoms with van der Waals surface area (Å²) in [6, 6.07) is 1.60. The van der Waals surface area contributed by atoms with Gasteiger partial charge in [-0.25, -0.2) is 0 Å². The maximum Gasteiger partial charge on any atom is 0.254 e. The Kier molecular flexibility index (Phi) is 5.91. The average molecular weight is 324 g/mol. The zero-order valence-electron chi connectivity index (χ0n) is 10.2. The third-order valence-corrected chi connectivity index (χ3v) is 2.72. The maximum absolute atomic E-state index is 11.6. The lowest BCUT2D eigenvalue weighted by atomic mass is 10.2. The monoisotopic (exact) mass is 322 g/mol. The number of hydrogen-bond acceptors (Lipinski definition) is 2. The number of halogens is 3. The molecule has 0 aromatic carbocycles. The predicted octanol–water partition coefficient (Wildman–Crippen LogP) is 3.11. The van der Waals surface area contributed by atoms with E-state index in [4.69, 9.17) is 34.8 Å². The Morgan fingerprint density at radius 3 is 2.68 bits per heavy atom. The number of rotatable bonds is 5. The van der Waals surface area contributed by atoms with Gasteiger partial charge in [0.25, 0.3) is 3.79 Å². The minimum atomic E-state index is -1.96. The van der Waals surface area contributed by atoms with Crippen molar-refractivity contribution in [1.29, 1.82) is 0 Å². The molecular weight excluding hydrogens is 311 g/mol. The van der Waals surface area contributed by atoms with Gasteiger partial charge in [0.05, 0.1) is 5.69 Å². The van der Waals surface area contributed by atoms with Crippen LogP contribution in [-0.4, -0.2) is 27.0 Å². The molecule has 0 saturated carbocycles. The molecule has 1 amide bonds. The first-order valence-corrected chi connectivity index (χ1v) is 6.65. The number of hydrogen-bond donors (Lipinski definition) is 2. The molecule has 0 aliphatic rings. The first-order valence-electron chi connectivity index (χ1n) is 5.51. The van der Waals surface area contributed by atoms with Crippen LogP contribution in [0.15, 0.2) is 18.3 Å². The van der Waals surface area contributed by atoms with E-state index in [1.165, 1.54) is 6.92 Å². The molecule has 0 atom stereocenters. The van der Waals surface area contributed by atoms with Crippen molar-refractivity contribution in [2.45, 2.75) is 17.1 Å². The minimum absolute atomic E-state index is 0.0643. The molecule has 104 valence electrons. The molecule has 0 fully saturated rings. The average Bonchev–Trinajstić information content (AvgIpc) is 2.74.